The van der Waals surface area contributed by atoms with E-state index in [1.54, 1.807) is 0 Å². The van der Waals surface area contributed by atoms with Gasteiger partial charge in [-0.2, -0.15) is 13.2 Å². The number of alkyl halides is 5. The summed E-state index contributed by atoms with van der Waals surface area (Å²) in [6, 6.07) is 5.50. The zero-order valence-electron chi connectivity index (χ0n) is 13.7. The maximum Gasteiger partial charge on any atom is 0.408 e. The Labute approximate surface area is 141 Å². The maximum absolute atomic E-state index is 14.5. The van der Waals surface area contributed by atoms with E-state index >= 15 is 0 Å². The van der Waals surface area contributed by atoms with Crippen LogP contribution in [-0.2, 0) is 5.41 Å². The molecule has 0 unspecified atom stereocenters. The Morgan fingerprint density at radius 1 is 0.720 bits per heavy atom. The van der Waals surface area contributed by atoms with Crippen molar-refractivity contribution in [2.75, 3.05) is 0 Å². The highest BCUT2D eigenvalue weighted by atomic mass is 19.4. The molecule has 0 aliphatic rings. The van der Waals surface area contributed by atoms with Crippen molar-refractivity contribution in [3.63, 3.8) is 0 Å². The lowest BCUT2D eigenvalue weighted by Crippen LogP contribution is -2.55. The van der Waals surface area contributed by atoms with Crippen LogP contribution in [0.5, 0.6) is 11.5 Å². The van der Waals surface area contributed by atoms with E-state index in [1.807, 2.05) is 0 Å². The number of hydrogen-bond acceptors (Lipinski definition) is 2. The molecule has 0 saturated carbocycles. The molecular formula is C18H17F5O2. The van der Waals surface area contributed by atoms with Gasteiger partial charge in [0.25, 0.3) is 5.92 Å². The summed E-state index contributed by atoms with van der Waals surface area (Å²) in [5.74, 6) is -5.31. The van der Waals surface area contributed by atoms with Gasteiger partial charge in [0.15, 0.2) is 5.41 Å². The van der Waals surface area contributed by atoms with Crippen molar-refractivity contribution < 1.29 is 32.2 Å². The molecule has 0 aliphatic heterocycles. The molecule has 0 atom stereocenters. The summed E-state index contributed by atoms with van der Waals surface area (Å²) >= 11 is 0. The van der Waals surface area contributed by atoms with Gasteiger partial charge in [-0.1, -0.05) is 24.3 Å². The highest BCUT2D eigenvalue weighted by molar-refractivity contribution is 5.51. The second-order valence-electron chi connectivity index (χ2n) is 6.14. The molecule has 0 bridgehead atoms. The first-order valence-corrected chi connectivity index (χ1v) is 7.37. The number of phenols is 2. The van der Waals surface area contributed by atoms with Gasteiger partial charge in [-0.25, -0.2) is 8.78 Å². The molecule has 25 heavy (non-hydrogen) atoms. The highest BCUT2D eigenvalue weighted by Gasteiger charge is 2.69. The molecule has 2 nitrogen and oxygen atoms in total. The van der Waals surface area contributed by atoms with Crippen LogP contribution in [0.3, 0.4) is 0 Å². The summed E-state index contributed by atoms with van der Waals surface area (Å²) in [4.78, 5) is 0. The first kappa shape index (κ1) is 19.0. The minimum Gasteiger partial charge on any atom is -0.508 e. The van der Waals surface area contributed by atoms with Gasteiger partial charge < -0.3 is 10.2 Å². The van der Waals surface area contributed by atoms with Crippen molar-refractivity contribution in [1.29, 1.82) is 0 Å². The normalized spacial score (nSPS) is 13.1. The van der Waals surface area contributed by atoms with Crippen LogP contribution < -0.4 is 0 Å². The number of phenolic OH excluding ortho intramolecular Hbond substituents is 2. The van der Waals surface area contributed by atoms with Crippen molar-refractivity contribution in [3.8, 4) is 11.5 Å². The third kappa shape index (κ3) is 2.92. The molecule has 0 fully saturated rings. The topological polar surface area (TPSA) is 40.5 Å². The molecule has 0 radical (unpaired) electrons. The average Bonchev–Trinajstić information content (AvgIpc) is 2.44. The summed E-state index contributed by atoms with van der Waals surface area (Å²) < 4.78 is 71.2. The SMILES string of the molecule is Cc1ccc(C(c2ccc(C)c(O)c2)(C(C)(F)F)C(F)(F)F)cc1O. The molecule has 2 N–H and O–H groups in total. The molecule has 0 aromatic heterocycles. The molecule has 7 heteroatoms. The van der Waals surface area contributed by atoms with Crippen LogP contribution in [0.15, 0.2) is 36.4 Å². The molecular weight excluding hydrogens is 343 g/mol. The van der Waals surface area contributed by atoms with E-state index in [2.05, 4.69) is 0 Å². The fourth-order valence-electron chi connectivity index (χ4n) is 2.94. The van der Waals surface area contributed by atoms with Crippen molar-refractivity contribution in [2.24, 2.45) is 0 Å². The molecule has 136 valence electrons. The summed E-state index contributed by atoms with van der Waals surface area (Å²) in [5.41, 5.74) is -4.83. The number of aryl methyl sites for hydroxylation is 2. The first-order chi connectivity index (χ1) is 11.3. The van der Waals surface area contributed by atoms with E-state index in [-0.39, 0.29) is 18.1 Å². The molecule has 2 rings (SSSR count). The van der Waals surface area contributed by atoms with Crippen LogP contribution in [0.1, 0.15) is 29.2 Å². The van der Waals surface area contributed by atoms with Gasteiger partial charge in [-0.15, -0.1) is 0 Å². The smallest absolute Gasteiger partial charge is 0.408 e. The number of benzene rings is 2. The Bertz CT molecular complexity index is 724. The number of halogens is 5. The quantitative estimate of drug-likeness (QED) is 0.737. The van der Waals surface area contributed by atoms with E-state index in [1.165, 1.54) is 13.8 Å². The molecule has 2 aromatic carbocycles. The summed E-state index contributed by atoms with van der Waals surface area (Å²) in [7, 11) is 0. The van der Waals surface area contributed by atoms with E-state index in [4.69, 9.17) is 0 Å². The third-order valence-corrected chi connectivity index (χ3v) is 4.37. The van der Waals surface area contributed by atoms with E-state index in [0.717, 1.165) is 24.3 Å². The third-order valence-electron chi connectivity index (χ3n) is 4.37. The lowest BCUT2D eigenvalue weighted by atomic mass is 9.69. The summed E-state index contributed by atoms with van der Waals surface area (Å²) in [6.07, 6.45) is -5.39. The molecule has 0 amide bonds. The minimum atomic E-state index is -5.39. The fraction of sp³-hybridized carbons (Fsp3) is 0.333. The first-order valence-electron chi connectivity index (χ1n) is 7.37. The second kappa shape index (κ2) is 5.89. The minimum absolute atomic E-state index is 0.175. The zero-order chi connectivity index (χ0) is 19.2. The van der Waals surface area contributed by atoms with E-state index in [9.17, 15) is 32.2 Å². The van der Waals surface area contributed by atoms with Crippen LogP contribution in [0, 0.1) is 13.8 Å². The lowest BCUT2D eigenvalue weighted by Gasteiger charge is -2.41. The van der Waals surface area contributed by atoms with Crippen LogP contribution in [0.25, 0.3) is 0 Å². The molecule has 0 saturated heterocycles. The van der Waals surface area contributed by atoms with Crippen LogP contribution in [0.4, 0.5) is 22.0 Å². The Balaban J connectivity index is 2.96. The zero-order valence-corrected chi connectivity index (χ0v) is 13.7. The molecule has 0 heterocycles. The Morgan fingerprint density at radius 2 is 1.08 bits per heavy atom. The van der Waals surface area contributed by atoms with Crippen molar-refractivity contribution in [3.05, 3.63) is 58.7 Å². The van der Waals surface area contributed by atoms with Gasteiger partial charge >= 0.3 is 6.18 Å². The fourth-order valence-corrected chi connectivity index (χ4v) is 2.94. The molecule has 0 aliphatic carbocycles. The Morgan fingerprint density at radius 3 is 1.32 bits per heavy atom. The standard InChI is InChI=1S/C18H17F5O2/c1-10-4-6-12(8-14(10)24)17(16(3,19)20,18(21,22)23)13-7-5-11(2)15(25)9-13/h4-9,24-25H,1-3H3. The van der Waals surface area contributed by atoms with Gasteiger partial charge in [0.2, 0.25) is 0 Å². The molecule has 2 aromatic rings. The Kier molecular flexibility index (Phi) is 4.48. The lowest BCUT2D eigenvalue weighted by molar-refractivity contribution is -0.239. The van der Waals surface area contributed by atoms with Gasteiger partial charge in [0, 0.05) is 6.92 Å². The van der Waals surface area contributed by atoms with Crippen molar-refractivity contribution in [1.82, 2.24) is 0 Å². The monoisotopic (exact) mass is 360 g/mol. The van der Waals surface area contributed by atoms with Gasteiger partial charge in [-0.3, -0.25) is 0 Å². The largest absolute Gasteiger partial charge is 0.508 e. The van der Waals surface area contributed by atoms with Gasteiger partial charge in [0.05, 0.1) is 0 Å². The van der Waals surface area contributed by atoms with Crippen LogP contribution >= 0.6 is 0 Å². The predicted octanol–water partition coefficient (Wildman–Crippen LogP) is 5.22. The van der Waals surface area contributed by atoms with Crippen LogP contribution in [0.2, 0.25) is 0 Å². The van der Waals surface area contributed by atoms with Crippen molar-refractivity contribution >= 4 is 0 Å². The summed E-state index contributed by atoms with van der Waals surface area (Å²) in [5, 5.41) is 19.6. The second-order valence-corrected chi connectivity index (χ2v) is 6.14. The van der Waals surface area contributed by atoms with Crippen molar-refractivity contribution in [2.45, 2.75) is 38.3 Å². The van der Waals surface area contributed by atoms with Gasteiger partial charge in [-0.05, 0) is 48.2 Å². The average molecular weight is 360 g/mol. The number of hydrogen-bond donors (Lipinski definition) is 2. The maximum atomic E-state index is 14.5. The van der Waals surface area contributed by atoms with Crippen LogP contribution in [-0.4, -0.2) is 22.3 Å². The Hall–Kier alpha value is -2.31. The number of aromatic hydroxyl groups is 2. The van der Waals surface area contributed by atoms with E-state index in [0.29, 0.717) is 12.1 Å². The highest BCUT2D eigenvalue weighted by Crippen LogP contribution is 2.56. The predicted molar refractivity (Wildman–Crippen MR) is 83.1 cm³/mol. The van der Waals surface area contributed by atoms with E-state index < -0.39 is 40.1 Å². The van der Waals surface area contributed by atoms with Gasteiger partial charge in [0.1, 0.15) is 11.5 Å². The number of rotatable bonds is 3. The molecule has 0 spiro atoms. The summed E-state index contributed by atoms with van der Waals surface area (Å²) in [6.45, 7) is 3.06.